The van der Waals surface area contributed by atoms with Crippen molar-refractivity contribution >= 4 is 11.9 Å². The van der Waals surface area contributed by atoms with Crippen molar-refractivity contribution in [1.82, 2.24) is 4.90 Å². The van der Waals surface area contributed by atoms with Gasteiger partial charge in [-0.25, -0.2) is 0 Å². The smallest absolute Gasteiger partial charge is 0.307 e. The van der Waals surface area contributed by atoms with Gasteiger partial charge in [-0.15, -0.1) is 0 Å². The van der Waals surface area contributed by atoms with E-state index < -0.39 is 11.9 Å². The number of nitrogens with two attached hydrogens (primary N) is 1. The summed E-state index contributed by atoms with van der Waals surface area (Å²) in [4.78, 5) is 25.8. The van der Waals surface area contributed by atoms with Crippen molar-refractivity contribution in [1.29, 1.82) is 0 Å². The van der Waals surface area contributed by atoms with Crippen LogP contribution >= 0.6 is 0 Å². The molecule has 3 rings (SSSR count). The lowest BCUT2D eigenvalue weighted by molar-refractivity contribution is -0.150. The van der Waals surface area contributed by atoms with Crippen LogP contribution in [0.15, 0.2) is 12.2 Å². The number of hydrogen-bond donors (Lipinski definition) is 2. The molecule has 2 bridgehead atoms. The van der Waals surface area contributed by atoms with Crippen molar-refractivity contribution in [3.63, 3.8) is 0 Å². The molecule has 5 unspecified atom stereocenters. The lowest BCUT2D eigenvalue weighted by Crippen LogP contribution is -2.42. The molecule has 1 saturated heterocycles. The molecule has 5 atom stereocenters. The number of carbonyl (C=O) groups excluding carboxylic acids is 1. The first-order valence-corrected chi connectivity index (χ1v) is 7.01. The molecule has 0 spiro atoms. The second kappa shape index (κ2) is 4.63. The van der Waals surface area contributed by atoms with Crippen LogP contribution in [0.4, 0.5) is 0 Å². The van der Waals surface area contributed by atoms with Crippen molar-refractivity contribution in [2.45, 2.75) is 12.8 Å². The number of amides is 1. The molecule has 1 aliphatic heterocycles. The van der Waals surface area contributed by atoms with E-state index in [1.807, 2.05) is 17.1 Å². The molecule has 19 heavy (non-hydrogen) atoms. The van der Waals surface area contributed by atoms with Crippen molar-refractivity contribution in [3.8, 4) is 0 Å². The van der Waals surface area contributed by atoms with E-state index in [-0.39, 0.29) is 23.7 Å². The van der Waals surface area contributed by atoms with Gasteiger partial charge in [0, 0.05) is 13.1 Å². The third kappa shape index (κ3) is 1.96. The minimum Gasteiger partial charge on any atom is -0.481 e. The summed E-state index contributed by atoms with van der Waals surface area (Å²) in [6.45, 7) is 2.02. The Bertz CT molecular complexity index is 434. The quantitative estimate of drug-likeness (QED) is 0.719. The lowest BCUT2D eigenvalue weighted by atomic mass is 9.82. The Balaban J connectivity index is 1.76. The summed E-state index contributed by atoms with van der Waals surface area (Å²) >= 11 is 0. The molecule has 104 valence electrons. The van der Waals surface area contributed by atoms with Crippen LogP contribution in [0.3, 0.4) is 0 Å². The monoisotopic (exact) mass is 264 g/mol. The van der Waals surface area contributed by atoms with Gasteiger partial charge in [0.1, 0.15) is 0 Å². The predicted molar refractivity (Wildman–Crippen MR) is 69.1 cm³/mol. The van der Waals surface area contributed by atoms with Crippen LogP contribution in [-0.2, 0) is 9.59 Å². The summed E-state index contributed by atoms with van der Waals surface area (Å²) in [6, 6.07) is 0. The number of likely N-dealkylation sites (tertiary alicyclic amines) is 1. The van der Waals surface area contributed by atoms with Crippen LogP contribution in [-0.4, -0.2) is 41.5 Å². The maximum Gasteiger partial charge on any atom is 0.307 e. The Morgan fingerprint density at radius 3 is 2.53 bits per heavy atom. The van der Waals surface area contributed by atoms with E-state index in [1.54, 1.807) is 0 Å². The number of nitrogens with zero attached hydrogens (tertiary/aromatic N) is 1. The Kier molecular flexibility index (Phi) is 3.09. The minimum atomic E-state index is -0.829. The van der Waals surface area contributed by atoms with Crippen molar-refractivity contribution in [2.24, 2.45) is 35.3 Å². The second-order valence-electron chi connectivity index (χ2n) is 6.01. The molecule has 3 N–H and O–H groups in total. The maximum atomic E-state index is 12.6. The third-order valence-electron chi connectivity index (χ3n) is 4.96. The summed E-state index contributed by atoms with van der Waals surface area (Å²) < 4.78 is 0. The highest BCUT2D eigenvalue weighted by molar-refractivity contribution is 5.87. The maximum absolute atomic E-state index is 12.6. The Labute approximate surface area is 112 Å². The molecule has 0 aromatic heterocycles. The molecule has 5 heteroatoms. The fraction of sp³-hybridized carbons (Fsp3) is 0.714. The van der Waals surface area contributed by atoms with Crippen LogP contribution in [0.2, 0.25) is 0 Å². The predicted octanol–water partition coefficient (Wildman–Crippen LogP) is 0.317. The molecular weight excluding hydrogens is 244 g/mol. The van der Waals surface area contributed by atoms with Gasteiger partial charge in [0.2, 0.25) is 5.91 Å². The average molecular weight is 264 g/mol. The van der Waals surface area contributed by atoms with Crippen LogP contribution in [0.5, 0.6) is 0 Å². The molecule has 5 nitrogen and oxygen atoms in total. The van der Waals surface area contributed by atoms with Gasteiger partial charge in [0.15, 0.2) is 0 Å². The fourth-order valence-corrected chi connectivity index (χ4v) is 3.93. The number of carboxylic acid groups (broad SMARTS) is 1. The standard InChI is InChI=1S/C14H20N2O3/c15-6-8-3-4-16(7-8)13(17)11-9-1-2-10(5-9)12(11)14(18)19/h1-2,8-12H,3-7,15H2,(H,18,19). The van der Waals surface area contributed by atoms with Gasteiger partial charge in [0.25, 0.3) is 0 Å². The van der Waals surface area contributed by atoms with Gasteiger partial charge in [-0.05, 0) is 37.1 Å². The highest BCUT2D eigenvalue weighted by Gasteiger charge is 2.52. The molecule has 0 aromatic carbocycles. The number of fused-ring (bicyclic) bond motifs is 2. The van der Waals surface area contributed by atoms with Crippen molar-refractivity contribution < 1.29 is 14.7 Å². The van der Waals surface area contributed by atoms with E-state index in [4.69, 9.17) is 5.73 Å². The molecule has 1 heterocycles. The number of carboxylic acids is 1. The van der Waals surface area contributed by atoms with Gasteiger partial charge in [-0.2, -0.15) is 0 Å². The van der Waals surface area contributed by atoms with Crippen LogP contribution in [0, 0.1) is 29.6 Å². The van der Waals surface area contributed by atoms with E-state index in [2.05, 4.69) is 0 Å². The van der Waals surface area contributed by atoms with Gasteiger partial charge in [-0.1, -0.05) is 12.2 Å². The van der Waals surface area contributed by atoms with Gasteiger partial charge in [0.05, 0.1) is 11.8 Å². The highest BCUT2D eigenvalue weighted by Crippen LogP contribution is 2.49. The zero-order valence-corrected chi connectivity index (χ0v) is 10.9. The molecule has 0 radical (unpaired) electrons. The Hall–Kier alpha value is -1.36. The molecule has 3 aliphatic rings. The van der Waals surface area contributed by atoms with Gasteiger partial charge < -0.3 is 15.7 Å². The summed E-state index contributed by atoms with van der Waals surface area (Å²) in [5, 5.41) is 9.37. The first-order valence-electron chi connectivity index (χ1n) is 7.01. The van der Waals surface area contributed by atoms with E-state index in [0.29, 0.717) is 19.0 Å². The Morgan fingerprint density at radius 1 is 1.26 bits per heavy atom. The van der Waals surface area contributed by atoms with Crippen LogP contribution < -0.4 is 5.73 Å². The summed E-state index contributed by atoms with van der Waals surface area (Å²) in [6.07, 6.45) is 5.77. The lowest BCUT2D eigenvalue weighted by Gasteiger charge is -2.28. The number of rotatable bonds is 3. The normalized spacial score (nSPS) is 40.1. The largest absolute Gasteiger partial charge is 0.481 e. The van der Waals surface area contributed by atoms with Gasteiger partial charge >= 0.3 is 5.97 Å². The number of aliphatic carboxylic acids is 1. The summed E-state index contributed by atoms with van der Waals surface area (Å²) in [7, 11) is 0. The zero-order chi connectivity index (χ0) is 13.6. The first kappa shape index (κ1) is 12.7. The highest BCUT2D eigenvalue weighted by atomic mass is 16.4. The fourth-order valence-electron chi connectivity index (χ4n) is 3.93. The minimum absolute atomic E-state index is 0.0280. The first-order chi connectivity index (χ1) is 9.11. The average Bonchev–Trinajstić information content (AvgIpc) is 3.11. The molecular formula is C14H20N2O3. The topological polar surface area (TPSA) is 83.6 Å². The summed E-state index contributed by atoms with van der Waals surface area (Å²) in [5.41, 5.74) is 5.64. The van der Waals surface area contributed by atoms with E-state index >= 15 is 0 Å². The Morgan fingerprint density at radius 2 is 1.95 bits per heavy atom. The van der Waals surface area contributed by atoms with E-state index in [0.717, 1.165) is 19.4 Å². The van der Waals surface area contributed by atoms with Crippen LogP contribution in [0.1, 0.15) is 12.8 Å². The van der Waals surface area contributed by atoms with E-state index in [9.17, 15) is 14.7 Å². The van der Waals surface area contributed by atoms with Crippen molar-refractivity contribution in [2.75, 3.05) is 19.6 Å². The number of hydrogen-bond acceptors (Lipinski definition) is 3. The van der Waals surface area contributed by atoms with Gasteiger partial charge in [-0.3, -0.25) is 9.59 Å². The summed E-state index contributed by atoms with van der Waals surface area (Å²) in [5.74, 6) is -1.14. The number of allylic oxidation sites excluding steroid dienone is 2. The molecule has 2 fully saturated rings. The third-order valence-corrected chi connectivity index (χ3v) is 4.96. The van der Waals surface area contributed by atoms with Crippen molar-refractivity contribution in [3.05, 3.63) is 12.2 Å². The SMILES string of the molecule is NCC1CCN(C(=O)C2C3C=CC(C3)C2C(=O)O)C1. The van der Waals surface area contributed by atoms with Crippen LogP contribution in [0.25, 0.3) is 0 Å². The molecule has 0 aromatic rings. The molecule has 2 aliphatic carbocycles. The second-order valence-corrected chi connectivity index (χ2v) is 6.01. The molecule has 1 amide bonds. The van der Waals surface area contributed by atoms with E-state index in [1.165, 1.54) is 0 Å². The number of carbonyl (C=O) groups is 2. The molecule has 1 saturated carbocycles. The zero-order valence-electron chi connectivity index (χ0n) is 10.9.